The summed E-state index contributed by atoms with van der Waals surface area (Å²) in [4.78, 5) is 17.5. The quantitative estimate of drug-likeness (QED) is 0.618. The Bertz CT molecular complexity index is 645. The molecule has 0 saturated heterocycles. The number of hydrogen-bond acceptors (Lipinski definition) is 3. The number of carbonyl (C=O) groups excluding carboxylic acids is 1. The molecular formula is C22H30N2O2. The van der Waals surface area contributed by atoms with Crippen LogP contribution >= 0.6 is 0 Å². The summed E-state index contributed by atoms with van der Waals surface area (Å²) in [7, 11) is 0. The van der Waals surface area contributed by atoms with Gasteiger partial charge in [-0.2, -0.15) is 0 Å². The van der Waals surface area contributed by atoms with Gasteiger partial charge in [-0.3, -0.25) is 4.79 Å². The molecule has 4 fully saturated rings. The molecule has 1 aromatic carbocycles. The molecule has 4 aliphatic rings. The third-order valence-corrected chi connectivity index (χ3v) is 6.93. The van der Waals surface area contributed by atoms with E-state index in [2.05, 4.69) is 17.4 Å². The van der Waals surface area contributed by atoms with Gasteiger partial charge in [0.2, 0.25) is 0 Å². The van der Waals surface area contributed by atoms with Crippen LogP contribution in [0.2, 0.25) is 0 Å². The van der Waals surface area contributed by atoms with E-state index in [9.17, 15) is 4.79 Å². The topological polar surface area (TPSA) is 50.7 Å². The maximum Gasteiger partial charge on any atom is 0.261 e. The fourth-order valence-electron chi connectivity index (χ4n) is 5.99. The summed E-state index contributed by atoms with van der Waals surface area (Å²) >= 11 is 0. The molecule has 0 unspecified atom stereocenters. The second-order valence-electron chi connectivity index (χ2n) is 8.99. The number of carbonyl (C=O) groups is 1. The highest BCUT2D eigenvalue weighted by molar-refractivity contribution is 5.80. The van der Waals surface area contributed by atoms with E-state index in [-0.39, 0.29) is 18.6 Å². The Labute approximate surface area is 156 Å². The molecule has 1 atom stereocenters. The lowest BCUT2D eigenvalue weighted by atomic mass is 9.48. The van der Waals surface area contributed by atoms with Gasteiger partial charge in [0.25, 0.3) is 5.91 Å². The molecule has 0 heterocycles. The van der Waals surface area contributed by atoms with E-state index in [0.717, 1.165) is 23.3 Å². The maximum absolute atomic E-state index is 12.3. The van der Waals surface area contributed by atoms with Crippen molar-refractivity contribution in [2.24, 2.45) is 28.3 Å². The van der Waals surface area contributed by atoms with Crippen molar-refractivity contribution in [2.75, 3.05) is 6.61 Å². The Kier molecular flexibility index (Phi) is 4.76. The lowest BCUT2D eigenvalue weighted by Gasteiger charge is -2.59. The first-order valence-electron chi connectivity index (χ1n) is 10.0. The molecule has 1 amide bonds. The number of nitrogens with zero attached hydrogens (tertiary/aromatic N) is 1. The molecular weight excluding hydrogens is 324 g/mol. The van der Waals surface area contributed by atoms with Crippen LogP contribution in [0.1, 0.15) is 56.6 Å². The predicted octanol–water partition coefficient (Wildman–Crippen LogP) is 4.07. The van der Waals surface area contributed by atoms with Crippen molar-refractivity contribution >= 4 is 12.1 Å². The van der Waals surface area contributed by atoms with Crippen LogP contribution in [0.4, 0.5) is 0 Å². The zero-order chi connectivity index (χ0) is 18.1. The van der Waals surface area contributed by atoms with Crippen LogP contribution in [0.5, 0.6) is 0 Å². The fourth-order valence-corrected chi connectivity index (χ4v) is 5.99. The summed E-state index contributed by atoms with van der Waals surface area (Å²) in [6, 6.07) is 8.25. The van der Waals surface area contributed by atoms with Crippen molar-refractivity contribution in [3.05, 3.63) is 35.4 Å². The Morgan fingerprint density at radius 2 is 1.77 bits per heavy atom. The number of aryl methyl sites for hydroxylation is 1. The highest BCUT2D eigenvalue weighted by Crippen LogP contribution is 2.61. The van der Waals surface area contributed by atoms with E-state index in [1.807, 2.05) is 31.2 Å². The van der Waals surface area contributed by atoms with Crippen LogP contribution < -0.4 is 5.32 Å². The largest absolute Gasteiger partial charge is 0.386 e. The van der Waals surface area contributed by atoms with Crippen LogP contribution in [-0.2, 0) is 9.63 Å². The number of amides is 1. The molecule has 0 aliphatic heterocycles. The van der Waals surface area contributed by atoms with E-state index in [1.54, 1.807) is 6.21 Å². The monoisotopic (exact) mass is 354 g/mol. The van der Waals surface area contributed by atoms with Gasteiger partial charge in [0.1, 0.15) is 0 Å². The molecule has 4 heteroatoms. The Balaban J connectivity index is 1.26. The van der Waals surface area contributed by atoms with Crippen LogP contribution in [0, 0.1) is 30.1 Å². The lowest BCUT2D eigenvalue weighted by molar-refractivity contribution is -0.130. The van der Waals surface area contributed by atoms with E-state index in [0.29, 0.717) is 5.41 Å². The fraction of sp³-hybridized carbons (Fsp3) is 0.636. The Morgan fingerprint density at radius 3 is 2.35 bits per heavy atom. The molecule has 0 radical (unpaired) electrons. The van der Waals surface area contributed by atoms with Gasteiger partial charge in [-0.25, -0.2) is 0 Å². The van der Waals surface area contributed by atoms with E-state index in [4.69, 9.17) is 4.84 Å². The highest BCUT2D eigenvalue weighted by Gasteiger charge is 2.53. The van der Waals surface area contributed by atoms with Crippen molar-refractivity contribution in [1.29, 1.82) is 0 Å². The summed E-state index contributed by atoms with van der Waals surface area (Å²) in [6.07, 6.45) is 9.83. The van der Waals surface area contributed by atoms with E-state index < -0.39 is 0 Å². The average molecular weight is 354 g/mol. The van der Waals surface area contributed by atoms with Crippen molar-refractivity contribution < 1.29 is 9.63 Å². The van der Waals surface area contributed by atoms with Gasteiger partial charge in [-0.1, -0.05) is 35.0 Å². The second kappa shape index (κ2) is 7.05. The summed E-state index contributed by atoms with van der Waals surface area (Å²) in [6.45, 7) is 4.23. The Morgan fingerprint density at radius 1 is 1.19 bits per heavy atom. The standard InChI is InChI=1S/C22H30N2O2/c1-15-3-5-17(6-4-15)13-23-26-14-21(25)24-16(2)22-10-18-7-19(11-22)9-20(8-18)12-22/h3-6,13,16,18-20H,7-12,14H2,1-2H3,(H,24,25)/b23-13-/t16-,18?,19?,20?,22?/m1/s1. The van der Waals surface area contributed by atoms with Gasteiger partial charge >= 0.3 is 0 Å². The number of nitrogens with one attached hydrogen (secondary N) is 1. The van der Waals surface area contributed by atoms with E-state index in [1.165, 1.54) is 44.1 Å². The zero-order valence-corrected chi connectivity index (χ0v) is 15.9. The first-order chi connectivity index (χ1) is 12.5. The van der Waals surface area contributed by atoms with Crippen molar-refractivity contribution in [1.82, 2.24) is 5.32 Å². The lowest BCUT2D eigenvalue weighted by Crippen LogP contribution is -2.56. The molecule has 1 N–H and O–H groups in total. The molecule has 0 aromatic heterocycles. The molecule has 0 spiro atoms. The van der Waals surface area contributed by atoms with E-state index >= 15 is 0 Å². The minimum atomic E-state index is -0.0608. The van der Waals surface area contributed by atoms with Gasteiger partial charge in [0, 0.05) is 6.04 Å². The molecule has 4 nitrogen and oxygen atoms in total. The molecule has 4 aliphatic carbocycles. The van der Waals surface area contributed by atoms with Crippen LogP contribution in [-0.4, -0.2) is 24.8 Å². The highest BCUT2D eigenvalue weighted by atomic mass is 16.6. The smallest absolute Gasteiger partial charge is 0.261 e. The Hall–Kier alpha value is -1.84. The zero-order valence-electron chi connectivity index (χ0n) is 15.9. The first-order valence-corrected chi connectivity index (χ1v) is 10.0. The minimum Gasteiger partial charge on any atom is -0.386 e. The number of oxime groups is 1. The van der Waals surface area contributed by atoms with Crippen LogP contribution in [0.15, 0.2) is 29.4 Å². The molecule has 4 bridgehead atoms. The summed E-state index contributed by atoms with van der Waals surface area (Å²) in [5.74, 6) is 2.64. The molecule has 26 heavy (non-hydrogen) atoms. The van der Waals surface area contributed by atoms with Crippen molar-refractivity contribution in [3.8, 4) is 0 Å². The molecule has 4 saturated carbocycles. The van der Waals surface area contributed by atoms with Crippen molar-refractivity contribution in [3.63, 3.8) is 0 Å². The van der Waals surface area contributed by atoms with Gasteiger partial charge in [0.05, 0.1) is 6.21 Å². The predicted molar refractivity (Wildman–Crippen MR) is 103 cm³/mol. The SMILES string of the molecule is Cc1ccc(/C=N\OCC(=O)N[C@H](C)C23CC4CC(CC(C4)C2)C3)cc1. The number of benzene rings is 1. The third-order valence-electron chi connectivity index (χ3n) is 6.93. The van der Waals surface area contributed by atoms with Gasteiger partial charge in [0.15, 0.2) is 6.61 Å². The molecule has 140 valence electrons. The number of rotatable bonds is 6. The summed E-state index contributed by atoms with van der Waals surface area (Å²) in [5, 5.41) is 7.13. The summed E-state index contributed by atoms with van der Waals surface area (Å²) < 4.78 is 0. The third kappa shape index (κ3) is 3.65. The first kappa shape index (κ1) is 17.6. The van der Waals surface area contributed by atoms with Crippen LogP contribution in [0.25, 0.3) is 0 Å². The normalized spacial score (nSPS) is 33.4. The summed E-state index contributed by atoms with van der Waals surface area (Å²) in [5.41, 5.74) is 2.51. The van der Waals surface area contributed by atoms with Crippen molar-refractivity contribution in [2.45, 2.75) is 58.4 Å². The number of hydrogen-bond donors (Lipinski definition) is 1. The van der Waals surface area contributed by atoms with Gasteiger partial charge in [-0.05, 0) is 81.1 Å². The molecule has 5 rings (SSSR count). The molecule has 1 aromatic rings. The van der Waals surface area contributed by atoms with Gasteiger partial charge < -0.3 is 10.2 Å². The average Bonchev–Trinajstić information content (AvgIpc) is 2.59. The van der Waals surface area contributed by atoms with Crippen LogP contribution in [0.3, 0.4) is 0 Å². The maximum atomic E-state index is 12.3. The van der Waals surface area contributed by atoms with Gasteiger partial charge in [-0.15, -0.1) is 0 Å². The minimum absolute atomic E-state index is 0.0148. The second-order valence-corrected chi connectivity index (χ2v) is 8.99.